The molecule has 39 heavy (non-hydrogen) atoms. The van der Waals surface area contributed by atoms with Crippen molar-refractivity contribution in [3.05, 3.63) is 101 Å². The fourth-order valence-corrected chi connectivity index (χ4v) is 6.29. The van der Waals surface area contributed by atoms with Crippen molar-refractivity contribution >= 4 is 39.3 Å². The average molecular weight is 568 g/mol. The monoisotopic (exact) mass is 567 g/mol. The number of benzene rings is 3. The lowest BCUT2D eigenvalue weighted by molar-refractivity contribution is -0.141. The summed E-state index contributed by atoms with van der Waals surface area (Å²) in [5, 5.41) is 3.33. The zero-order chi connectivity index (χ0) is 28.0. The number of nitrogens with one attached hydrogen (secondary N) is 1. The Morgan fingerprint density at radius 2 is 1.64 bits per heavy atom. The zero-order valence-corrected chi connectivity index (χ0v) is 23.1. The summed E-state index contributed by atoms with van der Waals surface area (Å²) in [6.45, 7) is 2.07. The number of carbonyl (C=O) groups is 3. The van der Waals surface area contributed by atoms with Crippen LogP contribution >= 0.6 is 11.6 Å². The summed E-state index contributed by atoms with van der Waals surface area (Å²) in [6.07, 6.45) is 0.673. The van der Waals surface area contributed by atoms with Gasteiger partial charge in [-0.3, -0.25) is 14.4 Å². The van der Waals surface area contributed by atoms with Crippen molar-refractivity contribution in [3.8, 4) is 0 Å². The molecule has 0 unspecified atom stereocenters. The number of rotatable bonds is 11. The van der Waals surface area contributed by atoms with Gasteiger partial charge in [-0.1, -0.05) is 79.2 Å². The summed E-state index contributed by atoms with van der Waals surface area (Å²) in [4.78, 5) is 41.4. The van der Waals surface area contributed by atoms with Gasteiger partial charge in [0, 0.05) is 37.5 Å². The highest BCUT2D eigenvalue weighted by Gasteiger charge is 2.41. The summed E-state index contributed by atoms with van der Waals surface area (Å²) < 4.78 is 26.8. The van der Waals surface area contributed by atoms with E-state index in [9.17, 15) is 22.8 Å². The maximum Gasteiger partial charge on any atom is 0.269 e. The van der Waals surface area contributed by atoms with Gasteiger partial charge in [-0.25, -0.2) is 12.7 Å². The largest absolute Gasteiger partial charge is 0.354 e. The Morgan fingerprint density at radius 3 is 2.33 bits per heavy atom. The van der Waals surface area contributed by atoms with E-state index in [1.54, 1.807) is 36.4 Å². The molecule has 3 aromatic carbocycles. The van der Waals surface area contributed by atoms with Crippen LogP contribution < -0.4 is 5.32 Å². The number of carbonyl (C=O) groups excluding carboxylic acids is 3. The molecule has 1 N–H and O–H groups in total. The van der Waals surface area contributed by atoms with Crippen LogP contribution in [0.15, 0.2) is 83.8 Å². The van der Waals surface area contributed by atoms with E-state index in [2.05, 4.69) is 5.32 Å². The molecule has 3 aromatic rings. The summed E-state index contributed by atoms with van der Waals surface area (Å²) in [5.74, 6) is -1.46. The minimum absolute atomic E-state index is 0.0382. The second-order valence-corrected chi connectivity index (χ2v) is 11.5. The van der Waals surface area contributed by atoms with Gasteiger partial charge in [0.05, 0.1) is 5.56 Å². The zero-order valence-electron chi connectivity index (χ0n) is 21.5. The van der Waals surface area contributed by atoms with Crippen molar-refractivity contribution in [1.82, 2.24) is 14.5 Å². The van der Waals surface area contributed by atoms with Gasteiger partial charge in [0.2, 0.25) is 11.8 Å². The molecule has 3 amide bonds. The van der Waals surface area contributed by atoms with Gasteiger partial charge < -0.3 is 10.2 Å². The highest BCUT2D eigenvalue weighted by atomic mass is 35.5. The molecule has 0 saturated heterocycles. The summed E-state index contributed by atoms with van der Waals surface area (Å²) >= 11 is 6.42. The summed E-state index contributed by atoms with van der Waals surface area (Å²) in [6, 6.07) is 21.5. The van der Waals surface area contributed by atoms with Crippen molar-refractivity contribution in [3.63, 3.8) is 0 Å². The molecule has 1 heterocycles. The molecule has 204 valence electrons. The fourth-order valence-electron chi connectivity index (χ4n) is 4.52. The Hall–Kier alpha value is -3.69. The maximum atomic E-state index is 13.8. The molecule has 4 rings (SSSR count). The van der Waals surface area contributed by atoms with Gasteiger partial charge in [-0.05, 0) is 35.7 Å². The van der Waals surface area contributed by atoms with Gasteiger partial charge in [-0.2, -0.15) is 0 Å². The molecule has 1 atom stereocenters. The number of halogens is 1. The van der Waals surface area contributed by atoms with E-state index in [4.69, 9.17) is 11.6 Å². The lowest BCUT2D eigenvalue weighted by atomic mass is 10.0. The predicted octanol–water partition coefficient (Wildman–Crippen LogP) is 4.04. The van der Waals surface area contributed by atoms with Crippen molar-refractivity contribution in [2.24, 2.45) is 0 Å². The molecular formula is C29H30ClN3O5S. The average Bonchev–Trinajstić information content (AvgIpc) is 3.13. The second-order valence-electron chi connectivity index (χ2n) is 9.24. The summed E-state index contributed by atoms with van der Waals surface area (Å²) in [7, 11) is -4.07. The van der Waals surface area contributed by atoms with Gasteiger partial charge in [0.25, 0.3) is 15.9 Å². The van der Waals surface area contributed by atoms with Crippen LogP contribution in [0.3, 0.4) is 0 Å². The van der Waals surface area contributed by atoms with E-state index in [-0.39, 0.29) is 42.3 Å². The van der Waals surface area contributed by atoms with E-state index >= 15 is 0 Å². The van der Waals surface area contributed by atoms with Crippen LogP contribution in [0.2, 0.25) is 5.02 Å². The molecule has 0 spiro atoms. The van der Waals surface area contributed by atoms with E-state index < -0.39 is 27.9 Å². The van der Waals surface area contributed by atoms with Crippen LogP contribution in [0, 0.1) is 0 Å². The molecule has 1 aliphatic heterocycles. The third-order valence-corrected chi connectivity index (χ3v) is 8.77. The highest BCUT2D eigenvalue weighted by Crippen LogP contribution is 2.30. The van der Waals surface area contributed by atoms with Gasteiger partial charge in [0.15, 0.2) is 0 Å². The van der Waals surface area contributed by atoms with Crippen molar-refractivity contribution in [2.75, 3.05) is 13.1 Å². The Balaban J connectivity index is 1.63. The fraction of sp³-hybridized carbons (Fsp3) is 0.276. The molecule has 0 saturated carbocycles. The standard InChI is InChI=1S/C29H30ClN3O5S/c1-2-17-31-28(35)25(19-21-10-4-3-5-11-21)32(20-22-12-6-8-14-24(22)30)27(34)16-18-33-29(36)23-13-7-9-15-26(23)39(33,37)38/h3-15,25H,2,16-20H2,1H3,(H,31,35)/t25-/m0/s1. The molecule has 0 fully saturated rings. The van der Waals surface area contributed by atoms with Crippen LogP contribution in [0.25, 0.3) is 0 Å². The molecule has 1 aliphatic rings. The van der Waals surface area contributed by atoms with E-state index in [1.165, 1.54) is 17.0 Å². The molecule has 0 radical (unpaired) electrons. The van der Waals surface area contributed by atoms with Crippen LogP contribution in [-0.2, 0) is 32.6 Å². The minimum atomic E-state index is -4.07. The molecule has 10 heteroatoms. The third-order valence-electron chi connectivity index (χ3n) is 6.56. The number of sulfonamides is 1. The normalized spacial score (nSPS) is 14.5. The Labute approximate surface area is 233 Å². The van der Waals surface area contributed by atoms with Crippen LogP contribution in [0.5, 0.6) is 0 Å². The van der Waals surface area contributed by atoms with Crippen LogP contribution in [0.4, 0.5) is 0 Å². The van der Waals surface area contributed by atoms with Gasteiger partial charge >= 0.3 is 0 Å². The second kappa shape index (κ2) is 12.4. The molecule has 0 aliphatic carbocycles. The van der Waals surface area contributed by atoms with E-state index in [0.717, 1.165) is 16.3 Å². The molecule has 0 bridgehead atoms. The lowest BCUT2D eigenvalue weighted by Gasteiger charge is -2.32. The Kier molecular flexibility index (Phi) is 9.04. The number of nitrogens with zero attached hydrogens (tertiary/aromatic N) is 2. The van der Waals surface area contributed by atoms with Crippen molar-refractivity contribution in [2.45, 2.75) is 43.7 Å². The number of hydrogen-bond acceptors (Lipinski definition) is 5. The predicted molar refractivity (Wildman–Crippen MR) is 149 cm³/mol. The lowest BCUT2D eigenvalue weighted by Crippen LogP contribution is -2.51. The van der Waals surface area contributed by atoms with Crippen molar-refractivity contribution in [1.29, 1.82) is 0 Å². The first kappa shape index (κ1) is 28.3. The molecule has 8 nitrogen and oxygen atoms in total. The Morgan fingerprint density at radius 1 is 0.974 bits per heavy atom. The SMILES string of the molecule is CCCNC(=O)[C@H](Cc1ccccc1)N(Cc1ccccc1Cl)C(=O)CCN1C(=O)c2ccccc2S1(=O)=O. The third kappa shape index (κ3) is 6.32. The van der Waals surface area contributed by atoms with Crippen LogP contribution in [0.1, 0.15) is 41.3 Å². The maximum absolute atomic E-state index is 13.8. The van der Waals surface area contributed by atoms with E-state index in [0.29, 0.717) is 17.1 Å². The van der Waals surface area contributed by atoms with E-state index in [1.807, 2.05) is 37.3 Å². The van der Waals surface area contributed by atoms with Gasteiger partial charge in [-0.15, -0.1) is 0 Å². The number of amides is 3. The first-order valence-corrected chi connectivity index (χ1v) is 14.6. The molecular weight excluding hydrogens is 538 g/mol. The number of hydrogen-bond donors (Lipinski definition) is 1. The topological polar surface area (TPSA) is 104 Å². The number of fused-ring (bicyclic) bond motifs is 1. The molecule has 0 aromatic heterocycles. The first-order chi connectivity index (χ1) is 18.7. The highest BCUT2D eigenvalue weighted by molar-refractivity contribution is 7.90. The van der Waals surface area contributed by atoms with Crippen LogP contribution in [-0.4, -0.2) is 54.5 Å². The Bertz CT molecular complexity index is 1460. The smallest absolute Gasteiger partial charge is 0.269 e. The first-order valence-electron chi connectivity index (χ1n) is 12.7. The quantitative estimate of drug-likeness (QED) is 0.377. The summed E-state index contributed by atoms with van der Waals surface area (Å²) in [5.41, 5.74) is 1.59. The minimum Gasteiger partial charge on any atom is -0.354 e. The van der Waals surface area contributed by atoms with Crippen molar-refractivity contribution < 1.29 is 22.8 Å². The van der Waals surface area contributed by atoms with Gasteiger partial charge in [0.1, 0.15) is 10.9 Å².